The van der Waals surface area contributed by atoms with E-state index >= 15 is 0 Å². The van der Waals surface area contributed by atoms with E-state index in [9.17, 15) is 9.59 Å². The molecule has 2 aromatic rings. The van der Waals surface area contributed by atoms with Crippen molar-refractivity contribution in [3.8, 4) is 0 Å². The molecule has 0 radical (unpaired) electrons. The fraction of sp³-hybridized carbons (Fsp3) is 0.385. The van der Waals surface area contributed by atoms with Gasteiger partial charge in [0.15, 0.2) is 0 Å². The van der Waals surface area contributed by atoms with Crippen LogP contribution in [0.15, 0.2) is 59.8 Å². The first-order valence-electron chi connectivity index (χ1n) is 11.6. The molecular formula is C26H31ClN4O3. The zero-order valence-corrected chi connectivity index (χ0v) is 20.6. The summed E-state index contributed by atoms with van der Waals surface area (Å²) in [4.78, 5) is 32.2. The summed E-state index contributed by atoms with van der Waals surface area (Å²) < 4.78 is 5.42. The van der Waals surface area contributed by atoms with Crippen LogP contribution in [0.1, 0.15) is 24.1 Å². The zero-order chi connectivity index (χ0) is 24.2. The average molecular weight is 483 g/mol. The Kier molecular flexibility index (Phi) is 7.44. The van der Waals surface area contributed by atoms with E-state index in [0.29, 0.717) is 22.8 Å². The van der Waals surface area contributed by atoms with Crippen LogP contribution in [-0.2, 0) is 9.53 Å². The second kappa shape index (κ2) is 10.5. The molecule has 1 unspecified atom stereocenters. The molecule has 7 nitrogen and oxygen atoms in total. The highest BCUT2D eigenvalue weighted by atomic mass is 35.5. The molecular weight excluding hydrogens is 452 g/mol. The number of benzene rings is 2. The number of anilines is 1. The van der Waals surface area contributed by atoms with Gasteiger partial charge in [-0.1, -0.05) is 41.9 Å². The van der Waals surface area contributed by atoms with Crippen LogP contribution in [0.3, 0.4) is 0 Å². The monoisotopic (exact) mass is 482 g/mol. The van der Waals surface area contributed by atoms with Crippen molar-refractivity contribution >= 4 is 29.3 Å². The Balaban J connectivity index is 1.60. The number of carbonyl (C=O) groups is 2. The minimum absolute atomic E-state index is 0.249. The van der Waals surface area contributed by atoms with Crippen LogP contribution in [0, 0.1) is 6.92 Å². The highest BCUT2D eigenvalue weighted by Gasteiger charge is 2.37. The number of rotatable bonds is 6. The summed E-state index contributed by atoms with van der Waals surface area (Å²) in [6, 6.07) is 14.7. The van der Waals surface area contributed by atoms with E-state index in [1.165, 1.54) is 16.2 Å². The number of halogens is 1. The van der Waals surface area contributed by atoms with Gasteiger partial charge in [-0.05, 0) is 43.2 Å². The molecule has 0 aliphatic carbocycles. The number of aryl methyl sites for hydroxylation is 1. The summed E-state index contributed by atoms with van der Waals surface area (Å²) in [5.41, 5.74) is 4.44. The molecule has 0 saturated carbocycles. The van der Waals surface area contributed by atoms with Gasteiger partial charge in [-0.25, -0.2) is 9.59 Å². The number of urea groups is 1. The van der Waals surface area contributed by atoms with Crippen molar-refractivity contribution in [2.45, 2.75) is 19.9 Å². The van der Waals surface area contributed by atoms with Gasteiger partial charge in [0.2, 0.25) is 0 Å². The molecule has 0 bridgehead atoms. The van der Waals surface area contributed by atoms with E-state index < -0.39 is 12.0 Å². The maximum Gasteiger partial charge on any atom is 0.338 e. The average Bonchev–Trinajstić information content (AvgIpc) is 2.83. The fourth-order valence-corrected chi connectivity index (χ4v) is 4.71. The summed E-state index contributed by atoms with van der Waals surface area (Å²) in [7, 11) is 1.70. The maximum absolute atomic E-state index is 13.1. The molecule has 2 aromatic carbocycles. The van der Waals surface area contributed by atoms with Crippen molar-refractivity contribution in [2.24, 2.45) is 0 Å². The Morgan fingerprint density at radius 3 is 2.41 bits per heavy atom. The number of ether oxygens (including phenoxy) is 1. The minimum Gasteiger partial charge on any atom is -0.463 e. The summed E-state index contributed by atoms with van der Waals surface area (Å²) >= 11 is 6.06. The lowest BCUT2D eigenvalue weighted by Gasteiger charge is -2.40. The number of likely N-dealkylation sites (N-methyl/N-ethyl adjacent to an activating group) is 1. The van der Waals surface area contributed by atoms with Crippen LogP contribution in [0.2, 0.25) is 5.02 Å². The summed E-state index contributed by atoms with van der Waals surface area (Å²) in [6.07, 6.45) is 0. The smallest absolute Gasteiger partial charge is 0.338 e. The first-order valence-corrected chi connectivity index (χ1v) is 12.0. The van der Waals surface area contributed by atoms with Crippen molar-refractivity contribution in [1.29, 1.82) is 0 Å². The molecule has 180 valence electrons. The lowest BCUT2D eigenvalue weighted by Crippen LogP contribution is -2.52. The predicted molar refractivity (Wildman–Crippen MR) is 134 cm³/mol. The first kappa shape index (κ1) is 24.1. The number of carbonyl (C=O) groups excluding carboxylic acids is 2. The van der Waals surface area contributed by atoms with Crippen molar-refractivity contribution in [3.63, 3.8) is 0 Å². The molecule has 1 N–H and O–H groups in total. The van der Waals surface area contributed by atoms with Crippen molar-refractivity contribution < 1.29 is 14.3 Å². The molecule has 2 aliphatic heterocycles. The lowest BCUT2D eigenvalue weighted by molar-refractivity contribution is -0.139. The topological polar surface area (TPSA) is 65.1 Å². The number of esters is 1. The van der Waals surface area contributed by atoms with Gasteiger partial charge in [-0.3, -0.25) is 9.80 Å². The van der Waals surface area contributed by atoms with Crippen molar-refractivity contribution in [2.75, 3.05) is 51.3 Å². The van der Waals surface area contributed by atoms with Crippen LogP contribution < -0.4 is 10.2 Å². The van der Waals surface area contributed by atoms with Crippen molar-refractivity contribution in [1.82, 2.24) is 15.1 Å². The molecule has 0 aromatic heterocycles. The van der Waals surface area contributed by atoms with Gasteiger partial charge in [-0.2, -0.15) is 0 Å². The van der Waals surface area contributed by atoms with Gasteiger partial charge in [0.05, 0.1) is 18.2 Å². The number of nitrogens with zero attached hydrogens (tertiary/aromatic N) is 3. The van der Waals surface area contributed by atoms with Crippen LogP contribution in [0.5, 0.6) is 0 Å². The standard InChI is InChI=1S/C26H31ClN4O3/c1-4-34-25(32)23-22(29(3)26(33)28-24(23)19-9-11-20(27)12-10-19)17-30-13-15-31(16-14-30)21-8-6-5-7-18(21)2/h5-12,24H,4,13-17H2,1-3H3,(H,28,33). The number of hydrogen-bond donors (Lipinski definition) is 1. The number of nitrogens with one attached hydrogen (secondary N) is 1. The van der Waals surface area contributed by atoms with Crippen LogP contribution in [-0.4, -0.2) is 68.2 Å². The summed E-state index contributed by atoms with van der Waals surface area (Å²) in [5, 5.41) is 3.55. The van der Waals surface area contributed by atoms with E-state index in [1.54, 1.807) is 26.1 Å². The lowest BCUT2D eigenvalue weighted by atomic mass is 9.94. The van der Waals surface area contributed by atoms with Crippen LogP contribution in [0.25, 0.3) is 0 Å². The largest absolute Gasteiger partial charge is 0.463 e. The number of piperazine rings is 1. The summed E-state index contributed by atoms with van der Waals surface area (Å²) in [6.45, 7) is 8.08. The van der Waals surface area contributed by atoms with Gasteiger partial charge in [-0.15, -0.1) is 0 Å². The molecule has 4 rings (SSSR count). The van der Waals surface area contributed by atoms with Gasteiger partial charge in [0.25, 0.3) is 0 Å². The van der Waals surface area contributed by atoms with Gasteiger partial charge >= 0.3 is 12.0 Å². The highest BCUT2D eigenvalue weighted by molar-refractivity contribution is 6.30. The Morgan fingerprint density at radius 2 is 1.76 bits per heavy atom. The number of amides is 2. The minimum atomic E-state index is -0.594. The molecule has 2 aliphatic rings. The van der Waals surface area contributed by atoms with E-state index in [-0.39, 0.29) is 12.6 Å². The molecule has 1 atom stereocenters. The van der Waals surface area contributed by atoms with Gasteiger partial charge in [0.1, 0.15) is 0 Å². The molecule has 2 amide bonds. The predicted octanol–water partition coefficient (Wildman–Crippen LogP) is 3.98. The third-order valence-electron chi connectivity index (χ3n) is 6.48. The molecule has 2 heterocycles. The fourth-order valence-electron chi connectivity index (χ4n) is 4.58. The van der Waals surface area contributed by atoms with Crippen LogP contribution in [0.4, 0.5) is 10.5 Å². The molecule has 1 fully saturated rings. The van der Waals surface area contributed by atoms with E-state index in [4.69, 9.17) is 16.3 Å². The molecule has 34 heavy (non-hydrogen) atoms. The van der Waals surface area contributed by atoms with E-state index in [2.05, 4.69) is 46.3 Å². The van der Waals surface area contributed by atoms with E-state index in [0.717, 1.165) is 31.7 Å². The third kappa shape index (κ3) is 5.05. The second-order valence-corrected chi connectivity index (χ2v) is 9.06. The quantitative estimate of drug-likeness (QED) is 0.631. The normalized spacial score (nSPS) is 19.3. The third-order valence-corrected chi connectivity index (χ3v) is 6.73. The molecule has 8 heteroatoms. The Morgan fingerprint density at radius 1 is 1.09 bits per heavy atom. The summed E-state index contributed by atoms with van der Waals surface area (Å²) in [5.74, 6) is -0.414. The first-order chi connectivity index (χ1) is 16.4. The highest BCUT2D eigenvalue weighted by Crippen LogP contribution is 2.32. The van der Waals surface area contributed by atoms with Crippen molar-refractivity contribution in [3.05, 3.63) is 76.0 Å². The second-order valence-electron chi connectivity index (χ2n) is 8.62. The van der Waals surface area contributed by atoms with Gasteiger partial charge < -0.3 is 15.0 Å². The Hall–Kier alpha value is -3.03. The molecule has 0 spiro atoms. The van der Waals surface area contributed by atoms with Gasteiger partial charge in [0, 0.05) is 56.2 Å². The van der Waals surface area contributed by atoms with Crippen LogP contribution >= 0.6 is 11.6 Å². The number of para-hydroxylation sites is 1. The Labute approximate surface area is 205 Å². The maximum atomic E-state index is 13.1. The zero-order valence-electron chi connectivity index (χ0n) is 19.9. The number of hydrogen-bond acceptors (Lipinski definition) is 5. The van der Waals surface area contributed by atoms with E-state index in [1.807, 2.05) is 12.1 Å². The molecule has 1 saturated heterocycles. The SMILES string of the molecule is CCOC(=O)C1=C(CN2CCN(c3ccccc3C)CC2)N(C)C(=O)NC1c1ccc(Cl)cc1. The Bertz CT molecular complexity index is 1080.